The van der Waals surface area contributed by atoms with E-state index in [1.165, 1.54) is 6.33 Å². The normalized spacial score (nSPS) is 10.8. The molecule has 0 aliphatic rings. The van der Waals surface area contributed by atoms with Gasteiger partial charge < -0.3 is 15.2 Å². The van der Waals surface area contributed by atoms with Gasteiger partial charge in [0.15, 0.2) is 11.2 Å². The number of methoxy groups -OCH3 is 2. The molecule has 0 aliphatic carbocycles. The number of fused-ring (bicyclic) bond motifs is 1. The molecule has 3 rings (SSSR count). The molecule has 0 radical (unpaired) electrons. The van der Waals surface area contributed by atoms with Crippen LogP contribution in [0.2, 0.25) is 0 Å². The molecule has 3 aromatic rings. The van der Waals surface area contributed by atoms with Crippen molar-refractivity contribution in [1.29, 1.82) is 0 Å². The first-order valence-corrected chi connectivity index (χ1v) is 6.36. The van der Waals surface area contributed by atoms with Crippen LogP contribution in [0.25, 0.3) is 11.2 Å². The summed E-state index contributed by atoms with van der Waals surface area (Å²) in [5, 5.41) is 0. The summed E-state index contributed by atoms with van der Waals surface area (Å²) >= 11 is 0. The summed E-state index contributed by atoms with van der Waals surface area (Å²) in [7, 11) is 3.18. The van der Waals surface area contributed by atoms with Gasteiger partial charge in [-0.1, -0.05) is 12.1 Å². The van der Waals surface area contributed by atoms with Crippen LogP contribution in [0.4, 0.5) is 5.95 Å². The number of nitrogen functional groups attached to an aromatic ring is 1. The molecule has 21 heavy (non-hydrogen) atoms. The molecule has 0 fully saturated rings. The lowest BCUT2D eigenvalue weighted by atomic mass is 10.2. The Balaban J connectivity index is 2.06. The van der Waals surface area contributed by atoms with E-state index < -0.39 is 0 Å². The lowest BCUT2D eigenvalue weighted by Gasteiger charge is -2.07. The van der Waals surface area contributed by atoms with Crippen molar-refractivity contribution in [3.63, 3.8) is 0 Å². The molecule has 0 unspecified atom stereocenters. The zero-order chi connectivity index (χ0) is 14.8. The van der Waals surface area contributed by atoms with Crippen molar-refractivity contribution < 1.29 is 9.47 Å². The molecule has 0 aliphatic heterocycles. The minimum atomic E-state index is 0.367. The predicted molar refractivity (Wildman–Crippen MR) is 78.4 cm³/mol. The molecule has 0 spiro atoms. The number of anilines is 1. The lowest BCUT2D eigenvalue weighted by Crippen LogP contribution is -2.05. The Bertz CT molecular complexity index is 784. The molecule has 0 saturated carbocycles. The minimum absolute atomic E-state index is 0.367. The van der Waals surface area contributed by atoms with Crippen molar-refractivity contribution in [2.45, 2.75) is 6.54 Å². The zero-order valence-corrected chi connectivity index (χ0v) is 11.8. The Labute approximate surface area is 121 Å². The third-order valence-electron chi connectivity index (χ3n) is 3.20. The van der Waals surface area contributed by atoms with Gasteiger partial charge in [-0.2, -0.15) is 4.98 Å². The fourth-order valence-corrected chi connectivity index (χ4v) is 2.19. The summed E-state index contributed by atoms with van der Waals surface area (Å²) in [6, 6.07) is 7.76. The zero-order valence-electron chi connectivity index (χ0n) is 11.8. The average Bonchev–Trinajstić information content (AvgIpc) is 2.83. The molecular weight excluding hydrogens is 270 g/mol. The van der Waals surface area contributed by atoms with Gasteiger partial charge in [-0.25, -0.2) is 9.97 Å². The second-order valence-electron chi connectivity index (χ2n) is 4.46. The number of aromatic nitrogens is 4. The number of benzene rings is 1. The number of hydrogen-bond donors (Lipinski definition) is 1. The Morgan fingerprint density at radius 3 is 2.81 bits per heavy atom. The minimum Gasteiger partial charge on any atom is -0.497 e. The molecule has 7 heteroatoms. The van der Waals surface area contributed by atoms with Crippen molar-refractivity contribution in [1.82, 2.24) is 19.5 Å². The van der Waals surface area contributed by atoms with Gasteiger partial charge in [0.2, 0.25) is 11.8 Å². The van der Waals surface area contributed by atoms with E-state index >= 15 is 0 Å². The molecular formula is C14H15N5O2. The summed E-state index contributed by atoms with van der Waals surface area (Å²) in [5.74, 6) is 1.57. The first-order valence-electron chi connectivity index (χ1n) is 6.36. The van der Waals surface area contributed by atoms with E-state index in [9.17, 15) is 0 Å². The van der Waals surface area contributed by atoms with E-state index in [1.54, 1.807) is 14.2 Å². The van der Waals surface area contributed by atoms with Gasteiger partial charge >= 0.3 is 0 Å². The van der Waals surface area contributed by atoms with E-state index in [0.717, 1.165) is 11.3 Å². The molecule has 1 aromatic carbocycles. The van der Waals surface area contributed by atoms with E-state index in [0.29, 0.717) is 29.5 Å². The van der Waals surface area contributed by atoms with Crippen LogP contribution in [0.5, 0.6) is 11.6 Å². The first-order chi connectivity index (χ1) is 10.2. The highest BCUT2D eigenvalue weighted by molar-refractivity contribution is 5.79. The number of nitrogens with two attached hydrogens (primary N) is 1. The number of rotatable bonds is 4. The second-order valence-corrected chi connectivity index (χ2v) is 4.46. The van der Waals surface area contributed by atoms with E-state index in [4.69, 9.17) is 15.2 Å². The Morgan fingerprint density at radius 1 is 1.19 bits per heavy atom. The quantitative estimate of drug-likeness (QED) is 0.781. The van der Waals surface area contributed by atoms with Crippen LogP contribution >= 0.6 is 0 Å². The van der Waals surface area contributed by atoms with Crippen molar-refractivity contribution >= 4 is 17.1 Å². The van der Waals surface area contributed by atoms with Crippen LogP contribution in [0.3, 0.4) is 0 Å². The van der Waals surface area contributed by atoms with Crippen molar-refractivity contribution in [2.75, 3.05) is 20.0 Å². The van der Waals surface area contributed by atoms with Crippen molar-refractivity contribution in [3.8, 4) is 11.6 Å². The fraction of sp³-hybridized carbons (Fsp3) is 0.214. The van der Waals surface area contributed by atoms with Gasteiger partial charge in [0.1, 0.15) is 12.1 Å². The Kier molecular flexibility index (Phi) is 3.31. The highest BCUT2D eigenvalue weighted by Gasteiger charge is 2.14. The third-order valence-corrected chi connectivity index (χ3v) is 3.20. The average molecular weight is 285 g/mol. The second kappa shape index (κ2) is 5.28. The number of nitrogens with zero attached hydrogens (tertiary/aromatic N) is 4. The van der Waals surface area contributed by atoms with E-state index in [2.05, 4.69) is 15.0 Å². The van der Waals surface area contributed by atoms with Gasteiger partial charge in [0, 0.05) is 0 Å². The third kappa shape index (κ3) is 2.33. The first kappa shape index (κ1) is 13.2. The highest BCUT2D eigenvalue weighted by atomic mass is 16.5. The van der Waals surface area contributed by atoms with Crippen LogP contribution in [-0.2, 0) is 6.54 Å². The van der Waals surface area contributed by atoms with Crippen LogP contribution in [0.15, 0.2) is 30.6 Å². The van der Waals surface area contributed by atoms with Gasteiger partial charge in [-0.05, 0) is 17.7 Å². The molecule has 2 heterocycles. The molecule has 2 aromatic heterocycles. The number of ether oxygens (including phenoxy) is 2. The van der Waals surface area contributed by atoms with E-state index in [1.807, 2.05) is 28.8 Å². The van der Waals surface area contributed by atoms with Crippen LogP contribution < -0.4 is 15.2 Å². The Hall–Kier alpha value is -2.83. The summed E-state index contributed by atoms with van der Waals surface area (Å²) in [6.07, 6.45) is 1.43. The molecule has 0 saturated heterocycles. The summed E-state index contributed by atoms with van der Waals surface area (Å²) < 4.78 is 12.2. The molecule has 0 bridgehead atoms. The largest absolute Gasteiger partial charge is 0.497 e. The maximum atomic E-state index is 5.99. The van der Waals surface area contributed by atoms with Crippen LogP contribution in [-0.4, -0.2) is 33.7 Å². The molecule has 0 amide bonds. The fourth-order valence-electron chi connectivity index (χ4n) is 2.19. The molecule has 0 atom stereocenters. The molecule has 108 valence electrons. The van der Waals surface area contributed by atoms with E-state index in [-0.39, 0.29) is 0 Å². The lowest BCUT2D eigenvalue weighted by molar-refractivity contribution is 0.401. The van der Waals surface area contributed by atoms with Crippen LogP contribution in [0.1, 0.15) is 5.56 Å². The maximum Gasteiger partial charge on any atom is 0.245 e. The Morgan fingerprint density at radius 2 is 2.05 bits per heavy atom. The smallest absolute Gasteiger partial charge is 0.245 e. The maximum absolute atomic E-state index is 5.99. The van der Waals surface area contributed by atoms with Gasteiger partial charge in [0.05, 0.1) is 20.8 Å². The number of imidazole rings is 1. The SMILES string of the molecule is COc1cccc(Cn2c(N)nc3c(OC)ncnc32)c1. The standard InChI is InChI=1S/C14H15N5O2/c1-20-10-5-3-4-9(6-10)7-19-12-11(18-14(19)15)13(21-2)17-8-16-12/h3-6,8H,7H2,1-2H3,(H2,15,18). The van der Waals surface area contributed by atoms with Gasteiger partial charge in [0.25, 0.3) is 0 Å². The summed E-state index contributed by atoms with van der Waals surface area (Å²) in [4.78, 5) is 12.6. The van der Waals surface area contributed by atoms with Crippen molar-refractivity contribution in [2.24, 2.45) is 0 Å². The topological polar surface area (TPSA) is 88.1 Å². The van der Waals surface area contributed by atoms with Gasteiger partial charge in [-0.15, -0.1) is 0 Å². The van der Waals surface area contributed by atoms with Gasteiger partial charge in [-0.3, -0.25) is 4.57 Å². The predicted octanol–water partition coefficient (Wildman–Crippen LogP) is 1.47. The number of hydrogen-bond acceptors (Lipinski definition) is 6. The van der Waals surface area contributed by atoms with Crippen LogP contribution in [0, 0.1) is 0 Å². The molecule has 2 N–H and O–H groups in total. The summed E-state index contributed by atoms with van der Waals surface area (Å²) in [6.45, 7) is 0.541. The highest BCUT2D eigenvalue weighted by Crippen LogP contribution is 2.24. The van der Waals surface area contributed by atoms with Crippen molar-refractivity contribution in [3.05, 3.63) is 36.2 Å². The summed E-state index contributed by atoms with van der Waals surface area (Å²) in [5.41, 5.74) is 8.23. The monoisotopic (exact) mass is 285 g/mol. The molecule has 7 nitrogen and oxygen atoms in total.